The molecule has 0 saturated carbocycles. The first-order valence-corrected chi connectivity index (χ1v) is 6.72. The Morgan fingerprint density at radius 2 is 2.35 bits per heavy atom. The second-order valence-electron chi connectivity index (χ2n) is 4.17. The highest BCUT2D eigenvalue weighted by molar-refractivity contribution is 7.10. The van der Waals surface area contributed by atoms with E-state index in [1.165, 1.54) is 11.3 Å². The summed E-state index contributed by atoms with van der Waals surface area (Å²) >= 11 is 7.65. The molecule has 2 rings (SSSR count). The van der Waals surface area contributed by atoms with Crippen molar-refractivity contribution in [3.05, 3.63) is 38.8 Å². The molecule has 0 aliphatic carbocycles. The topological polar surface area (TPSA) is 38.1 Å². The second kappa shape index (κ2) is 5.21. The van der Waals surface area contributed by atoms with Gasteiger partial charge in [0.1, 0.15) is 0 Å². The minimum Gasteiger partial charge on any atom is -0.388 e. The molecule has 0 radical (unpaired) electrons. The SMILES string of the molecule is Cc1csc(C(O)CCc2cnn(C)c2)c1Cl. The van der Waals surface area contributed by atoms with Crippen molar-refractivity contribution < 1.29 is 5.11 Å². The van der Waals surface area contributed by atoms with Crippen LogP contribution in [0.5, 0.6) is 0 Å². The molecule has 0 bridgehead atoms. The Labute approximate surface area is 110 Å². The molecular formula is C12H15ClN2OS. The van der Waals surface area contributed by atoms with E-state index in [9.17, 15) is 5.11 Å². The minimum atomic E-state index is -0.485. The quantitative estimate of drug-likeness (QED) is 0.927. The van der Waals surface area contributed by atoms with Crippen molar-refractivity contribution in [3.63, 3.8) is 0 Å². The van der Waals surface area contributed by atoms with Gasteiger partial charge in [-0.25, -0.2) is 0 Å². The Morgan fingerprint density at radius 3 is 2.88 bits per heavy atom. The first-order chi connectivity index (χ1) is 8.08. The summed E-state index contributed by atoms with van der Waals surface area (Å²) in [4.78, 5) is 0.869. The van der Waals surface area contributed by atoms with E-state index in [1.54, 1.807) is 4.68 Å². The first kappa shape index (κ1) is 12.6. The van der Waals surface area contributed by atoms with Gasteiger partial charge in [0.2, 0.25) is 0 Å². The lowest BCUT2D eigenvalue weighted by atomic mass is 10.1. The molecule has 3 nitrogen and oxygen atoms in total. The monoisotopic (exact) mass is 270 g/mol. The van der Waals surface area contributed by atoms with E-state index in [0.29, 0.717) is 11.4 Å². The Hall–Kier alpha value is -0.840. The van der Waals surface area contributed by atoms with Crippen molar-refractivity contribution in [2.45, 2.75) is 25.9 Å². The average Bonchev–Trinajstić information content (AvgIpc) is 2.84. The maximum Gasteiger partial charge on any atom is 0.0900 e. The normalized spacial score (nSPS) is 12.9. The van der Waals surface area contributed by atoms with Crippen LogP contribution in [0.4, 0.5) is 0 Å². The summed E-state index contributed by atoms with van der Waals surface area (Å²) in [5, 5.41) is 16.9. The average molecular weight is 271 g/mol. The molecule has 0 aliphatic heterocycles. The summed E-state index contributed by atoms with van der Waals surface area (Å²) in [5.74, 6) is 0. The summed E-state index contributed by atoms with van der Waals surface area (Å²) in [6, 6.07) is 0. The van der Waals surface area contributed by atoms with Gasteiger partial charge in [0.15, 0.2) is 0 Å². The van der Waals surface area contributed by atoms with Crippen molar-refractivity contribution in [2.24, 2.45) is 7.05 Å². The molecule has 0 aromatic carbocycles. The van der Waals surface area contributed by atoms with Crippen LogP contribution >= 0.6 is 22.9 Å². The van der Waals surface area contributed by atoms with Gasteiger partial charge >= 0.3 is 0 Å². The summed E-state index contributed by atoms with van der Waals surface area (Å²) in [7, 11) is 1.89. The highest BCUT2D eigenvalue weighted by atomic mass is 35.5. The predicted molar refractivity (Wildman–Crippen MR) is 70.6 cm³/mol. The van der Waals surface area contributed by atoms with E-state index in [0.717, 1.165) is 22.4 Å². The molecule has 1 N–H and O–H groups in total. The molecule has 0 spiro atoms. The third-order valence-corrected chi connectivity index (χ3v) is 4.51. The van der Waals surface area contributed by atoms with Crippen LogP contribution in [0.3, 0.4) is 0 Å². The standard InChI is InChI=1S/C12H15ClN2OS/c1-8-7-17-12(11(8)13)10(16)4-3-9-5-14-15(2)6-9/h5-7,10,16H,3-4H2,1-2H3. The maximum atomic E-state index is 10.1. The largest absolute Gasteiger partial charge is 0.388 e. The molecule has 0 amide bonds. The predicted octanol–water partition coefficient (Wildman–Crippen LogP) is 3.11. The Kier molecular flexibility index (Phi) is 3.86. The summed E-state index contributed by atoms with van der Waals surface area (Å²) in [5.41, 5.74) is 2.17. The van der Waals surface area contributed by atoms with Crippen molar-refractivity contribution in [3.8, 4) is 0 Å². The van der Waals surface area contributed by atoms with Crippen molar-refractivity contribution >= 4 is 22.9 Å². The molecule has 0 saturated heterocycles. The lowest BCUT2D eigenvalue weighted by Gasteiger charge is -2.08. The number of thiophene rings is 1. The molecule has 17 heavy (non-hydrogen) atoms. The van der Waals surface area contributed by atoms with Crippen molar-refractivity contribution in [2.75, 3.05) is 0 Å². The Balaban J connectivity index is 1.98. The van der Waals surface area contributed by atoms with Crippen LogP contribution in [0.2, 0.25) is 5.02 Å². The zero-order valence-corrected chi connectivity index (χ0v) is 11.4. The second-order valence-corrected chi connectivity index (χ2v) is 5.46. The third kappa shape index (κ3) is 2.89. The van der Waals surface area contributed by atoms with Crippen LogP contribution in [0, 0.1) is 6.92 Å². The molecule has 2 heterocycles. The third-order valence-electron chi connectivity index (χ3n) is 2.69. The highest BCUT2D eigenvalue weighted by Gasteiger charge is 2.15. The number of aliphatic hydroxyl groups is 1. The van der Waals surface area contributed by atoms with E-state index in [1.807, 2.05) is 31.7 Å². The summed E-state index contributed by atoms with van der Waals surface area (Å²) in [6.07, 6.45) is 4.79. The molecular weight excluding hydrogens is 256 g/mol. The van der Waals surface area contributed by atoms with Crippen LogP contribution < -0.4 is 0 Å². The summed E-state index contributed by atoms with van der Waals surface area (Å²) in [6.45, 7) is 1.95. The fourth-order valence-electron chi connectivity index (χ4n) is 1.71. The van der Waals surface area contributed by atoms with Gasteiger partial charge in [-0.05, 0) is 36.3 Å². The number of aryl methyl sites for hydroxylation is 3. The van der Waals surface area contributed by atoms with Crippen molar-refractivity contribution in [1.29, 1.82) is 0 Å². The van der Waals surface area contributed by atoms with Crippen LogP contribution in [0.25, 0.3) is 0 Å². The zero-order chi connectivity index (χ0) is 12.4. The Bertz CT molecular complexity index is 506. The molecule has 0 aliphatic rings. The fourth-order valence-corrected chi connectivity index (χ4v) is 3.05. The molecule has 0 fully saturated rings. The first-order valence-electron chi connectivity index (χ1n) is 5.47. The summed E-state index contributed by atoms with van der Waals surface area (Å²) < 4.78 is 1.77. The fraction of sp³-hybridized carbons (Fsp3) is 0.417. The number of rotatable bonds is 4. The lowest BCUT2D eigenvalue weighted by molar-refractivity contribution is 0.171. The molecule has 92 valence electrons. The molecule has 2 aromatic heterocycles. The van der Waals surface area contributed by atoms with E-state index in [-0.39, 0.29) is 0 Å². The number of nitrogens with zero attached hydrogens (tertiary/aromatic N) is 2. The minimum absolute atomic E-state index is 0.485. The van der Waals surface area contributed by atoms with Gasteiger partial charge < -0.3 is 5.11 Å². The van der Waals surface area contributed by atoms with Gasteiger partial charge in [0, 0.05) is 13.2 Å². The van der Waals surface area contributed by atoms with Gasteiger partial charge in [0.25, 0.3) is 0 Å². The van der Waals surface area contributed by atoms with Gasteiger partial charge in [-0.1, -0.05) is 11.6 Å². The number of hydrogen-bond donors (Lipinski definition) is 1. The molecule has 5 heteroatoms. The van der Waals surface area contributed by atoms with E-state index < -0.39 is 6.10 Å². The van der Waals surface area contributed by atoms with E-state index in [2.05, 4.69) is 5.10 Å². The van der Waals surface area contributed by atoms with Crippen LogP contribution in [-0.2, 0) is 13.5 Å². The molecule has 1 atom stereocenters. The number of halogens is 1. The molecule has 1 unspecified atom stereocenters. The van der Waals surface area contributed by atoms with E-state index in [4.69, 9.17) is 11.6 Å². The Morgan fingerprint density at radius 1 is 1.59 bits per heavy atom. The zero-order valence-electron chi connectivity index (χ0n) is 9.85. The van der Waals surface area contributed by atoms with Crippen LogP contribution in [-0.4, -0.2) is 14.9 Å². The van der Waals surface area contributed by atoms with Gasteiger partial charge in [-0.2, -0.15) is 5.10 Å². The van der Waals surface area contributed by atoms with Gasteiger partial charge in [-0.15, -0.1) is 11.3 Å². The number of aromatic nitrogens is 2. The maximum absolute atomic E-state index is 10.1. The highest BCUT2D eigenvalue weighted by Crippen LogP contribution is 2.34. The lowest BCUT2D eigenvalue weighted by Crippen LogP contribution is -1.97. The van der Waals surface area contributed by atoms with Crippen molar-refractivity contribution in [1.82, 2.24) is 9.78 Å². The van der Waals surface area contributed by atoms with E-state index >= 15 is 0 Å². The van der Waals surface area contributed by atoms with Gasteiger partial charge in [-0.3, -0.25) is 4.68 Å². The smallest absolute Gasteiger partial charge is 0.0900 e. The van der Waals surface area contributed by atoms with Crippen LogP contribution in [0.15, 0.2) is 17.8 Å². The van der Waals surface area contributed by atoms with Crippen LogP contribution in [0.1, 0.15) is 28.5 Å². The number of hydrogen-bond acceptors (Lipinski definition) is 3. The number of aliphatic hydroxyl groups excluding tert-OH is 1. The molecule has 2 aromatic rings. The van der Waals surface area contributed by atoms with Gasteiger partial charge in [0.05, 0.1) is 22.2 Å².